The lowest BCUT2D eigenvalue weighted by Crippen LogP contribution is -2.38. The number of cyclic esters (lactones) is 2. The largest absolute Gasteiger partial charge is 0.398 e. The molecule has 0 aliphatic carbocycles. The molecular weight excluding hydrogens is 580 g/mol. The van der Waals surface area contributed by atoms with Crippen LogP contribution < -0.4 is 11.1 Å². The Morgan fingerprint density at radius 3 is 2.43 bits per heavy atom. The van der Waals surface area contributed by atoms with E-state index < -0.39 is 24.1 Å². The Kier molecular flexibility index (Phi) is 8.49. The quantitative estimate of drug-likeness (QED) is 0.0963. The summed E-state index contributed by atoms with van der Waals surface area (Å²) < 4.78 is 17.7. The van der Waals surface area contributed by atoms with Crippen LogP contribution in [0, 0.1) is 5.92 Å². The van der Waals surface area contributed by atoms with Gasteiger partial charge in [-0.05, 0) is 53.6 Å². The van der Waals surface area contributed by atoms with E-state index in [-0.39, 0.29) is 41.4 Å². The van der Waals surface area contributed by atoms with Crippen molar-refractivity contribution in [1.29, 1.82) is 0 Å². The molecule has 4 aromatic rings. The molecule has 10 heteroatoms. The number of benzene rings is 4. The van der Waals surface area contributed by atoms with Crippen molar-refractivity contribution in [1.82, 2.24) is 0 Å². The van der Waals surface area contributed by atoms with Gasteiger partial charge in [0, 0.05) is 39.1 Å². The summed E-state index contributed by atoms with van der Waals surface area (Å²) in [5, 5.41) is 12.4. The van der Waals surface area contributed by atoms with Gasteiger partial charge in [-0.25, -0.2) is 9.59 Å². The van der Waals surface area contributed by atoms with Crippen molar-refractivity contribution in [2.24, 2.45) is 5.92 Å². The average molecular weight is 611 g/mol. The van der Waals surface area contributed by atoms with E-state index in [9.17, 15) is 19.5 Å². The van der Waals surface area contributed by atoms with Crippen LogP contribution in [-0.4, -0.2) is 34.8 Å². The highest BCUT2D eigenvalue weighted by Crippen LogP contribution is 2.43. The fourth-order valence-corrected chi connectivity index (χ4v) is 6.42. The number of esters is 2. The summed E-state index contributed by atoms with van der Waals surface area (Å²) in [4.78, 5) is 37.8. The highest BCUT2D eigenvalue weighted by Gasteiger charge is 2.38. The Labute approximate surface area is 258 Å². The number of hydrogen-bond acceptors (Lipinski definition) is 9. The lowest BCUT2D eigenvalue weighted by atomic mass is 9.91. The van der Waals surface area contributed by atoms with Crippen molar-refractivity contribution in [3.8, 4) is 0 Å². The molecule has 4 atom stereocenters. The third-order valence-corrected chi connectivity index (χ3v) is 8.95. The van der Waals surface area contributed by atoms with Crippen LogP contribution in [0.25, 0.3) is 0 Å². The zero-order chi connectivity index (χ0) is 30.8. The van der Waals surface area contributed by atoms with E-state index in [4.69, 9.17) is 15.2 Å². The van der Waals surface area contributed by atoms with Gasteiger partial charge in [0.15, 0.2) is 6.29 Å². The summed E-state index contributed by atoms with van der Waals surface area (Å²) in [5.74, 6) is -1.32. The van der Waals surface area contributed by atoms with Crippen LogP contribution in [-0.2, 0) is 20.8 Å². The van der Waals surface area contributed by atoms with Crippen LogP contribution in [0.2, 0.25) is 0 Å². The van der Waals surface area contributed by atoms with Gasteiger partial charge in [0.2, 0.25) is 0 Å². The second-order valence-electron chi connectivity index (χ2n) is 10.7. The summed E-state index contributed by atoms with van der Waals surface area (Å²) in [7, 11) is 0. The maximum Gasteiger partial charge on any atom is 0.346 e. The number of aliphatic hydroxyl groups excluding tert-OH is 1. The third-order valence-electron chi connectivity index (χ3n) is 7.77. The number of ether oxygens (including phenoxy) is 3. The summed E-state index contributed by atoms with van der Waals surface area (Å²) in [6.07, 6.45) is -1.23. The molecule has 1 fully saturated rings. The zero-order valence-corrected chi connectivity index (χ0v) is 24.6. The van der Waals surface area contributed by atoms with Crippen molar-refractivity contribution in [3.05, 3.63) is 124 Å². The van der Waals surface area contributed by atoms with Gasteiger partial charge in [0.1, 0.15) is 0 Å². The van der Waals surface area contributed by atoms with Gasteiger partial charge in [-0.15, -0.1) is 11.8 Å². The van der Waals surface area contributed by atoms with Gasteiger partial charge >= 0.3 is 11.9 Å². The average Bonchev–Trinajstić information content (AvgIpc) is 3.33. The standard InChI is InChI=1S/C34H30N2O7S/c1-19-28(18-44-29-8-3-2-7-27(29)35)41-34(42-30(19)21-11-9-20(17-37)10-12-21)23-5-4-6-24(15-23)36-31(38)22-13-14-25-26(16-22)33(40)43-32(25)39/h2-16,19,28,30,34,37H,17-18,35H2,1H3,(H,36,38)/t19-,28+,30+,34?/m0/s1. The third kappa shape index (κ3) is 6.11. The Balaban J connectivity index is 1.24. The monoisotopic (exact) mass is 610 g/mol. The van der Waals surface area contributed by atoms with Gasteiger partial charge in [0.25, 0.3) is 5.91 Å². The van der Waals surface area contributed by atoms with Crippen LogP contribution in [0.3, 0.4) is 0 Å². The fraction of sp³-hybridized carbons (Fsp3) is 0.206. The van der Waals surface area contributed by atoms with E-state index in [2.05, 4.69) is 17.0 Å². The fourth-order valence-electron chi connectivity index (χ4n) is 5.29. The molecule has 6 rings (SSSR count). The minimum Gasteiger partial charge on any atom is -0.398 e. The first kappa shape index (κ1) is 29.6. The number of amides is 1. The number of nitrogens with one attached hydrogen (secondary N) is 1. The maximum atomic E-state index is 13.1. The molecular formula is C34H30N2O7S. The van der Waals surface area contributed by atoms with Crippen molar-refractivity contribution < 1.29 is 33.7 Å². The SMILES string of the molecule is C[C@H]1[C@@H](CSc2ccccc2N)OC(c2cccc(NC(=O)c3ccc4c(c3)C(=O)OC4=O)c2)O[C@H]1c1ccc(CO)cc1. The molecule has 9 nitrogen and oxygen atoms in total. The first-order valence-electron chi connectivity index (χ1n) is 14.1. The van der Waals surface area contributed by atoms with Gasteiger partial charge in [-0.1, -0.05) is 55.5 Å². The highest BCUT2D eigenvalue weighted by molar-refractivity contribution is 7.99. The van der Waals surface area contributed by atoms with E-state index in [1.807, 2.05) is 54.6 Å². The number of nitrogens with two attached hydrogens (primary N) is 1. The van der Waals surface area contributed by atoms with Gasteiger partial charge in [-0.3, -0.25) is 4.79 Å². The molecule has 2 aliphatic rings. The minimum absolute atomic E-state index is 0.00932. The highest BCUT2D eigenvalue weighted by atomic mass is 32.2. The van der Waals surface area contributed by atoms with E-state index >= 15 is 0 Å². The Hall–Kier alpha value is -4.48. The number of rotatable bonds is 8. The summed E-state index contributed by atoms with van der Waals surface area (Å²) in [6.45, 7) is 2.05. The first-order valence-corrected chi connectivity index (χ1v) is 15.1. The first-order chi connectivity index (χ1) is 21.3. The van der Waals surface area contributed by atoms with Gasteiger partial charge in [-0.2, -0.15) is 0 Å². The number of anilines is 2. The molecule has 0 bridgehead atoms. The number of hydrogen-bond donors (Lipinski definition) is 3. The number of para-hydroxylation sites is 1. The Morgan fingerprint density at radius 1 is 0.886 bits per heavy atom. The van der Waals surface area contributed by atoms with E-state index in [1.54, 1.807) is 30.0 Å². The summed E-state index contributed by atoms with van der Waals surface area (Å²) >= 11 is 1.63. The van der Waals surface area contributed by atoms with Gasteiger partial charge < -0.3 is 30.4 Å². The number of carbonyl (C=O) groups is 3. The maximum absolute atomic E-state index is 13.1. The van der Waals surface area contributed by atoms with Crippen molar-refractivity contribution in [3.63, 3.8) is 0 Å². The molecule has 0 spiro atoms. The lowest BCUT2D eigenvalue weighted by molar-refractivity contribution is -0.268. The number of nitrogen functional groups attached to an aromatic ring is 1. The molecule has 224 valence electrons. The summed E-state index contributed by atoms with van der Waals surface area (Å²) in [6, 6.07) is 26.9. The lowest BCUT2D eigenvalue weighted by Gasteiger charge is -2.41. The molecule has 2 aliphatic heterocycles. The van der Waals surface area contributed by atoms with E-state index in [0.717, 1.165) is 16.0 Å². The molecule has 4 N–H and O–H groups in total. The predicted molar refractivity (Wildman–Crippen MR) is 165 cm³/mol. The molecule has 4 aromatic carbocycles. The minimum atomic E-state index is -0.773. The predicted octanol–water partition coefficient (Wildman–Crippen LogP) is 5.91. The zero-order valence-electron chi connectivity index (χ0n) is 23.8. The molecule has 1 amide bonds. The molecule has 44 heavy (non-hydrogen) atoms. The van der Waals surface area contributed by atoms with E-state index in [1.165, 1.54) is 18.2 Å². The molecule has 1 saturated heterocycles. The normalized spacial score (nSPS) is 21.0. The summed E-state index contributed by atoms with van der Waals surface area (Å²) in [5.41, 5.74) is 10.3. The number of fused-ring (bicyclic) bond motifs is 1. The topological polar surface area (TPSA) is 137 Å². The Morgan fingerprint density at radius 2 is 1.66 bits per heavy atom. The molecule has 0 saturated carbocycles. The van der Waals surface area contributed by atoms with Crippen molar-refractivity contribution in [2.45, 2.75) is 36.9 Å². The van der Waals surface area contributed by atoms with Crippen LogP contribution in [0.15, 0.2) is 95.9 Å². The molecule has 0 aromatic heterocycles. The second kappa shape index (κ2) is 12.6. The van der Waals surface area contributed by atoms with Crippen LogP contribution in [0.4, 0.5) is 11.4 Å². The van der Waals surface area contributed by atoms with Gasteiger partial charge in [0.05, 0.1) is 29.9 Å². The molecule has 0 radical (unpaired) electrons. The Bertz CT molecular complexity index is 1730. The molecule has 2 heterocycles. The van der Waals surface area contributed by atoms with Crippen LogP contribution >= 0.6 is 11.8 Å². The number of thioether (sulfide) groups is 1. The number of carbonyl (C=O) groups excluding carboxylic acids is 3. The van der Waals surface area contributed by atoms with Crippen molar-refractivity contribution in [2.75, 3.05) is 16.8 Å². The van der Waals surface area contributed by atoms with Crippen LogP contribution in [0.1, 0.15) is 67.1 Å². The molecule has 1 unspecified atom stereocenters. The second-order valence-corrected chi connectivity index (χ2v) is 11.7. The van der Waals surface area contributed by atoms with E-state index in [0.29, 0.717) is 22.7 Å². The number of aliphatic hydroxyl groups is 1. The smallest absolute Gasteiger partial charge is 0.346 e. The van der Waals surface area contributed by atoms with Crippen molar-refractivity contribution >= 4 is 41.0 Å². The van der Waals surface area contributed by atoms with Crippen LogP contribution in [0.5, 0.6) is 0 Å².